The van der Waals surface area contributed by atoms with Crippen molar-refractivity contribution in [2.45, 2.75) is 38.3 Å². The van der Waals surface area contributed by atoms with E-state index in [0.29, 0.717) is 5.92 Å². The van der Waals surface area contributed by atoms with Crippen LogP contribution in [0.1, 0.15) is 41.4 Å². The minimum Gasteiger partial charge on any atom is -0.508 e. The number of nitrogens with zero attached hydrogens (tertiary/aromatic N) is 3. The second kappa shape index (κ2) is 7.48. The Balaban J connectivity index is 1.47. The first-order chi connectivity index (χ1) is 14.2. The fourth-order valence-electron chi connectivity index (χ4n) is 4.04. The van der Waals surface area contributed by atoms with Crippen molar-refractivity contribution in [2.24, 2.45) is 0 Å². The van der Waals surface area contributed by atoms with Crippen molar-refractivity contribution in [3.63, 3.8) is 0 Å². The highest BCUT2D eigenvalue weighted by Crippen LogP contribution is 2.40. The average molecular weight is 387 g/mol. The molecule has 29 heavy (non-hydrogen) atoms. The number of benzene rings is 2. The molecule has 0 radical (unpaired) electrons. The second-order valence-corrected chi connectivity index (χ2v) is 7.99. The van der Waals surface area contributed by atoms with Gasteiger partial charge in [-0.2, -0.15) is 0 Å². The minimum absolute atomic E-state index is 0.277. The lowest BCUT2D eigenvalue weighted by molar-refractivity contribution is 0.243. The predicted octanol–water partition coefficient (Wildman–Crippen LogP) is 4.29. The fraction of sp³-hybridized carbons (Fsp3) is 0.333. The van der Waals surface area contributed by atoms with Gasteiger partial charge in [0.1, 0.15) is 17.3 Å². The Labute approximate surface area is 171 Å². The molecule has 1 aromatic heterocycles. The van der Waals surface area contributed by atoms with Gasteiger partial charge in [0.15, 0.2) is 0 Å². The summed E-state index contributed by atoms with van der Waals surface area (Å²) in [4.78, 5) is 12.4. The lowest BCUT2D eigenvalue weighted by Crippen LogP contribution is -2.31. The van der Waals surface area contributed by atoms with Crippen LogP contribution >= 0.6 is 0 Å². The zero-order valence-corrected chi connectivity index (χ0v) is 16.6. The van der Waals surface area contributed by atoms with Crippen LogP contribution < -0.4 is 4.74 Å². The molecule has 5 heteroatoms. The quantitative estimate of drug-likeness (QED) is 0.708. The van der Waals surface area contributed by atoms with Crippen LogP contribution in [0.4, 0.5) is 0 Å². The lowest BCUT2D eigenvalue weighted by Gasteiger charge is -2.30. The zero-order chi connectivity index (χ0) is 19.8. The van der Waals surface area contributed by atoms with Gasteiger partial charge in [0.05, 0.1) is 18.5 Å². The molecule has 2 aliphatic rings. The molecule has 1 aliphatic carbocycles. The molecule has 5 nitrogen and oxygen atoms in total. The summed E-state index contributed by atoms with van der Waals surface area (Å²) in [6, 6.07) is 15.6. The Kier molecular flexibility index (Phi) is 4.68. The second-order valence-electron chi connectivity index (χ2n) is 7.99. The maximum absolute atomic E-state index is 9.69. The SMILES string of the molecule is COc1cccc(CN2CCc3nc(C4CC4)nc(-c4ccc(O)cc4)c3C2)c1. The Hall–Kier alpha value is -2.92. The number of aromatic hydroxyl groups is 1. The molecule has 0 spiro atoms. The van der Waals surface area contributed by atoms with Gasteiger partial charge in [-0.15, -0.1) is 0 Å². The van der Waals surface area contributed by atoms with E-state index in [-0.39, 0.29) is 5.75 Å². The molecule has 5 rings (SSSR count). The van der Waals surface area contributed by atoms with E-state index < -0.39 is 0 Å². The van der Waals surface area contributed by atoms with Crippen molar-refractivity contribution in [1.82, 2.24) is 14.9 Å². The molecule has 1 N–H and O–H groups in total. The number of ether oxygens (including phenoxy) is 1. The smallest absolute Gasteiger partial charge is 0.132 e. The van der Waals surface area contributed by atoms with Crippen molar-refractivity contribution in [1.29, 1.82) is 0 Å². The van der Waals surface area contributed by atoms with E-state index in [1.54, 1.807) is 19.2 Å². The Morgan fingerprint density at radius 2 is 1.93 bits per heavy atom. The van der Waals surface area contributed by atoms with Crippen LogP contribution in [0.2, 0.25) is 0 Å². The molecular formula is C24H25N3O2. The third-order valence-electron chi connectivity index (χ3n) is 5.78. The summed E-state index contributed by atoms with van der Waals surface area (Å²) in [6.07, 6.45) is 3.32. The summed E-state index contributed by atoms with van der Waals surface area (Å²) in [5.41, 5.74) is 5.72. The average Bonchev–Trinajstić information content (AvgIpc) is 3.59. The number of phenolic OH excluding ortho intramolecular Hbond substituents is 1. The maximum Gasteiger partial charge on any atom is 0.132 e. The molecule has 2 aromatic carbocycles. The van der Waals surface area contributed by atoms with Crippen molar-refractivity contribution < 1.29 is 9.84 Å². The molecule has 1 saturated carbocycles. The van der Waals surface area contributed by atoms with Crippen LogP contribution in [0.5, 0.6) is 11.5 Å². The third kappa shape index (κ3) is 3.83. The third-order valence-corrected chi connectivity index (χ3v) is 5.78. The van der Waals surface area contributed by atoms with Crippen LogP contribution in [0, 0.1) is 0 Å². The summed E-state index contributed by atoms with van der Waals surface area (Å²) in [5, 5.41) is 9.69. The number of phenols is 1. The van der Waals surface area contributed by atoms with E-state index in [4.69, 9.17) is 14.7 Å². The molecule has 0 bridgehead atoms. The maximum atomic E-state index is 9.69. The predicted molar refractivity (Wildman–Crippen MR) is 112 cm³/mol. The number of fused-ring (bicyclic) bond motifs is 1. The summed E-state index contributed by atoms with van der Waals surface area (Å²) in [5.74, 6) is 2.68. The summed E-state index contributed by atoms with van der Waals surface area (Å²) >= 11 is 0. The number of hydrogen-bond acceptors (Lipinski definition) is 5. The number of rotatable bonds is 5. The van der Waals surface area contributed by atoms with Crippen LogP contribution in [0.15, 0.2) is 48.5 Å². The van der Waals surface area contributed by atoms with E-state index in [2.05, 4.69) is 17.0 Å². The van der Waals surface area contributed by atoms with Gasteiger partial charge in [0.2, 0.25) is 0 Å². The number of hydrogen-bond donors (Lipinski definition) is 1. The zero-order valence-electron chi connectivity index (χ0n) is 16.6. The highest BCUT2D eigenvalue weighted by molar-refractivity contribution is 5.65. The highest BCUT2D eigenvalue weighted by atomic mass is 16.5. The normalized spacial score (nSPS) is 16.4. The number of methoxy groups -OCH3 is 1. The van der Waals surface area contributed by atoms with Gasteiger partial charge in [-0.1, -0.05) is 12.1 Å². The molecule has 0 amide bonds. The van der Waals surface area contributed by atoms with E-state index >= 15 is 0 Å². The summed E-state index contributed by atoms with van der Waals surface area (Å²) < 4.78 is 5.37. The van der Waals surface area contributed by atoms with Gasteiger partial charge in [0.25, 0.3) is 0 Å². The van der Waals surface area contributed by atoms with Gasteiger partial charge >= 0.3 is 0 Å². The first kappa shape index (κ1) is 18.1. The van der Waals surface area contributed by atoms with Crippen molar-refractivity contribution in [2.75, 3.05) is 13.7 Å². The fourth-order valence-corrected chi connectivity index (χ4v) is 4.04. The molecule has 0 saturated heterocycles. The van der Waals surface area contributed by atoms with Gasteiger partial charge in [-0.3, -0.25) is 4.90 Å². The Bertz CT molecular complexity index is 1030. The van der Waals surface area contributed by atoms with E-state index in [1.165, 1.54) is 29.7 Å². The van der Waals surface area contributed by atoms with Crippen LogP contribution in [-0.2, 0) is 19.5 Å². The standard InChI is InChI=1S/C24H25N3O2/c1-29-20-4-2-3-16(13-20)14-27-12-11-22-21(15-27)23(17-7-9-19(28)10-8-17)26-24(25-22)18-5-6-18/h2-4,7-10,13,18,28H,5-6,11-12,14-15H2,1H3. The van der Waals surface area contributed by atoms with E-state index in [1.807, 2.05) is 24.3 Å². The first-order valence-electron chi connectivity index (χ1n) is 10.2. The van der Waals surface area contributed by atoms with Crippen molar-refractivity contribution in [3.8, 4) is 22.8 Å². The largest absolute Gasteiger partial charge is 0.508 e. The highest BCUT2D eigenvalue weighted by Gasteiger charge is 2.30. The van der Waals surface area contributed by atoms with Crippen LogP contribution in [0.25, 0.3) is 11.3 Å². The van der Waals surface area contributed by atoms with Crippen molar-refractivity contribution in [3.05, 3.63) is 71.2 Å². The summed E-state index contributed by atoms with van der Waals surface area (Å²) in [6.45, 7) is 2.68. The molecule has 148 valence electrons. The molecule has 2 heterocycles. The van der Waals surface area contributed by atoms with Gasteiger partial charge in [0, 0.05) is 43.1 Å². The molecule has 1 aliphatic heterocycles. The van der Waals surface area contributed by atoms with Crippen LogP contribution in [-0.4, -0.2) is 33.6 Å². The van der Waals surface area contributed by atoms with Gasteiger partial charge in [-0.05, 0) is 54.8 Å². The lowest BCUT2D eigenvalue weighted by atomic mass is 9.98. The summed E-state index contributed by atoms with van der Waals surface area (Å²) in [7, 11) is 1.70. The van der Waals surface area contributed by atoms with Crippen LogP contribution in [0.3, 0.4) is 0 Å². The molecule has 3 aromatic rings. The van der Waals surface area contributed by atoms with E-state index in [0.717, 1.165) is 48.9 Å². The monoisotopic (exact) mass is 387 g/mol. The molecular weight excluding hydrogens is 362 g/mol. The minimum atomic E-state index is 0.277. The number of aromatic nitrogens is 2. The Morgan fingerprint density at radius 1 is 1.10 bits per heavy atom. The van der Waals surface area contributed by atoms with Gasteiger partial charge in [-0.25, -0.2) is 9.97 Å². The topological polar surface area (TPSA) is 58.5 Å². The molecule has 1 fully saturated rings. The van der Waals surface area contributed by atoms with Crippen molar-refractivity contribution >= 4 is 0 Å². The molecule has 0 unspecified atom stereocenters. The first-order valence-corrected chi connectivity index (χ1v) is 10.2. The molecule has 0 atom stereocenters. The Morgan fingerprint density at radius 3 is 2.69 bits per heavy atom. The van der Waals surface area contributed by atoms with Gasteiger partial charge < -0.3 is 9.84 Å². The van der Waals surface area contributed by atoms with E-state index in [9.17, 15) is 5.11 Å².